The molecule has 0 aliphatic carbocycles. The lowest BCUT2D eigenvalue weighted by atomic mass is 10.1. The molecule has 1 aliphatic rings. The van der Waals surface area contributed by atoms with Gasteiger partial charge in [-0.25, -0.2) is 4.98 Å². The number of rotatable bonds is 5. The fourth-order valence-corrected chi connectivity index (χ4v) is 3.61. The number of anilines is 1. The summed E-state index contributed by atoms with van der Waals surface area (Å²) in [6.45, 7) is 2.27. The number of fused-ring (bicyclic) bond motifs is 2. The number of hydrogen-bond donors (Lipinski definition) is 1. The van der Waals surface area contributed by atoms with Gasteiger partial charge in [-0.2, -0.15) is 0 Å². The Morgan fingerprint density at radius 2 is 1.90 bits per heavy atom. The van der Waals surface area contributed by atoms with Crippen LogP contribution in [0.5, 0.6) is 11.5 Å². The molecule has 6 heteroatoms. The average Bonchev–Trinajstić information content (AvgIpc) is 3.37. The summed E-state index contributed by atoms with van der Waals surface area (Å²) in [4.78, 5) is 17.6. The fourth-order valence-electron chi connectivity index (χ4n) is 3.61. The monoisotopic (exact) mass is 399 g/mol. The van der Waals surface area contributed by atoms with Gasteiger partial charge in [-0.05, 0) is 48.7 Å². The topological polar surface area (TPSA) is 64.9 Å². The number of amides is 1. The Bertz CT molecular complexity index is 1230. The van der Waals surface area contributed by atoms with Crippen molar-refractivity contribution in [2.45, 2.75) is 19.8 Å². The Morgan fingerprint density at radius 3 is 2.77 bits per heavy atom. The quantitative estimate of drug-likeness (QED) is 0.532. The van der Waals surface area contributed by atoms with E-state index in [0.29, 0.717) is 18.7 Å². The van der Waals surface area contributed by atoms with Crippen LogP contribution in [-0.4, -0.2) is 22.1 Å². The molecule has 150 valence electrons. The molecule has 1 aliphatic heterocycles. The predicted molar refractivity (Wildman–Crippen MR) is 115 cm³/mol. The van der Waals surface area contributed by atoms with Crippen molar-refractivity contribution in [3.63, 3.8) is 0 Å². The molecule has 1 amide bonds. The third-order valence-electron chi connectivity index (χ3n) is 5.16. The normalized spacial score (nSPS) is 12.3. The molecule has 30 heavy (non-hydrogen) atoms. The molecule has 3 heterocycles. The zero-order valence-corrected chi connectivity index (χ0v) is 16.6. The Hall–Kier alpha value is -3.80. The van der Waals surface area contributed by atoms with Gasteiger partial charge in [0.2, 0.25) is 12.7 Å². The molecule has 0 radical (unpaired) electrons. The molecule has 0 saturated carbocycles. The summed E-state index contributed by atoms with van der Waals surface area (Å²) in [7, 11) is 0. The number of hydrogen-bond acceptors (Lipinski definition) is 4. The van der Waals surface area contributed by atoms with Crippen LogP contribution in [0.15, 0.2) is 66.9 Å². The Balaban J connectivity index is 1.39. The largest absolute Gasteiger partial charge is 0.454 e. The van der Waals surface area contributed by atoms with Crippen molar-refractivity contribution in [3.05, 3.63) is 78.0 Å². The third kappa shape index (κ3) is 3.48. The summed E-state index contributed by atoms with van der Waals surface area (Å²) in [5, 5.41) is 3.08. The average molecular weight is 399 g/mol. The maximum Gasteiger partial charge on any atom is 0.231 e. The van der Waals surface area contributed by atoms with Crippen LogP contribution in [0.4, 0.5) is 5.82 Å². The number of aromatic nitrogens is 2. The van der Waals surface area contributed by atoms with Gasteiger partial charge in [0.1, 0.15) is 17.2 Å². The minimum absolute atomic E-state index is 0.0628. The molecule has 0 fully saturated rings. The lowest BCUT2D eigenvalue weighted by molar-refractivity contribution is -0.116. The highest BCUT2D eigenvalue weighted by molar-refractivity contribution is 5.94. The first-order chi connectivity index (χ1) is 14.7. The Labute approximate surface area is 174 Å². The van der Waals surface area contributed by atoms with Gasteiger partial charge in [0.25, 0.3) is 0 Å². The van der Waals surface area contributed by atoms with Crippen LogP contribution < -0.4 is 14.8 Å². The van der Waals surface area contributed by atoms with Crippen molar-refractivity contribution < 1.29 is 14.3 Å². The van der Waals surface area contributed by atoms with Gasteiger partial charge in [0.05, 0.1) is 0 Å². The molecule has 6 nitrogen and oxygen atoms in total. The minimum Gasteiger partial charge on any atom is -0.454 e. The first-order valence-electron chi connectivity index (χ1n) is 9.90. The molecule has 0 bridgehead atoms. The van der Waals surface area contributed by atoms with Crippen LogP contribution in [0.1, 0.15) is 17.5 Å². The summed E-state index contributed by atoms with van der Waals surface area (Å²) in [6, 6.07) is 19.7. The van der Waals surface area contributed by atoms with Gasteiger partial charge in [-0.15, -0.1) is 0 Å². The molecular weight excluding hydrogens is 378 g/mol. The number of pyridine rings is 1. The molecule has 0 spiro atoms. The van der Waals surface area contributed by atoms with Gasteiger partial charge in [-0.1, -0.05) is 36.4 Å². The number of carbonyl (C=O) groups is 1. The summed E-state index contributed by atoms with van der Waals surface area (Å²) >= 11 is 0. The van der Waals surface area contributed by atoms with Gasteiger partial charge in [-0.3, -0.25) is 9.20 Å². The zero-order chi connectivity index (χ0) is 20.5. The maximum atomic E-state index is 12.8. The van der Waals surface area contributed by atoms with Crippen molar-refractivity contribution >= 4 is 17.4 Å². The van der Waals surface area contributed by atoms with E-state index in [-0.39, 0.29) is 12.7 Å². The van der Waals surface area contributed by atoms with E-state index in [4.69, 9.17) is 14.5 Å². The van der Waals surface area contributed by atoms with Gasteiger partial charge in [0, 0.05) is 18.2 Å². The molecule has 0 atom stereocenters. The Morgan fingerprint density at radius 1 is 1.07 bits per heavy atom. The van der Waals surface area contributed by atoms with E-state index >= 15 is 0 Å². The smallest absolute Gasteiger partial charge is 0.231 e. The molecular formula is C24H21N3O3. The zero-order valence-electron chi connectivity index (χ0n) is 16.6. The number of carbonyl (C=O) groups excluding carboxylic acids is 1. The molecule has 4 aromatic rings. The molecule has 0 saturated heterocycles. The fraction of sp³-hybridized carbons (Fsp3) is 0.167. The van der Waals surface area contributed by atoms with E-state index < -0.39 is 0 Å². The van der Waals surface area contributed by atoms with E-state index in [1.807, 2.05) is 78.2 Å². The highest BCUT2D eigenvalue weighted by Gasteiger charge is 2.17. The molecule has 0 unspecified atom stereocenters. The van der Waals surface area contributed by atoms with E-state index in [9.17, 15) is 4.79 Å². The summed E-state index contributed by atoms with van der Waals surface area (Å²) in [5.41, 5.74) is 4.68. The second-order valence-electron chi connectivity index (χ2n) is 7.34. The predicted octanol–water partition coefficient (Wildman–Crippen LogP) is 4.61. The van der Waals surface area contributed by atoms with Crippen molar-refractivity contribution in [1.82, 2.24) is 9.38 Å². The highest BCUT2D eigenvalue weighted by atomic mass is 16.7. The number of aryl methyl sites for hydroxylation is 2. The van der Waals surface area contributed by atoms with Crippen LogP contribution in [0.25, 0.3) is 16.9 Å². The number of ether oxygens (including phenoxy) is 2. The van der Waals surface area contributed by atoms with Crippen molar-refractivity contribution in [3.8, 4) is 22.8 Å². The van der Waals surface area contributed by atoms with Crippen LogP contribution in [0, 0.1) is 6.92 Å². The van der Waals surface area contributed by atoms with Crippen LogP contribution in [0.3, 0.4) is 0 Å². The number of nitrogens with one attached hydrogen (secondary N) is 1. The lowest BCUT2D eigenvalue weighted by Gasteiger charge is -2.08. The second-order valence-corrected chi connectivity index (χ2v) is 7.34. The SMILES string of the molecule is Cc1ccn2c(NC(=O)CCc3ccc4c(c3)OCO4)c(-c3ccccc3)nc2c1. The molecule has 2 aromatic heterocycles. The van der Waals surface area contributed by atoms with Gasteiger partial charge < -0.3 is 14.8 Å². The summed E-state index contributed by atoms with van der Waals surface area (Å²) in [6.07, 6.45) is 2.91. The van der Waals surface area contributed by atoms with E-state index in [0.717, 1.165) is 39.5 Å². The number of benzene rings is 2. The molecule has 1 N–H and O–H groups in total. The number of imidazole rings is 1. The number of nitrogens with zero attached hydrogens (tertiary/aromatic N) is 2. The van der Waals surface area contributed by atoms with Crippen molar-refractivity contribution in [1.29, 1.82) is 0 Å². The van der Waals surface area contributed by atoms with Gasteiger partial charge in [0.15, 0.2) is 11.5 Å². The molecule has 2 aromatic carbocycles. The van der Waals surface area contributed by atoms with Crippen LogP contribution >= 0.6 is 0 Å². The van der Waals surface area contributed by atoms with Crippen LogP contribution in [0.2, 0.25) is 0 Å². The maximum absolute atomic E-state index is 12.8. The highest BCUT2D eigenvalue weighted by Crippen LogP contribution is 2.33. The summed E-state index contributed by atoms with van der Waals surface area (Å²) < 4.78 is 12.7. The van der Waals surface area contributed by atoms with Crippen LogP contribution in [-0.2, 0) is 11.2 Å². The van der Waals surface area contributed by atoms with Crippen molar-refractivity contribution in [2.24, 2.45) is 0 Å². The third-order valence-corrected chi connectivity index (χ3v) is 5.16. The minimum atomic E-state index is -0.0628. The second kappa shape index (κ2) is 7.55. The van der Waals surface area contributed by atoms with Crippen molar-refractivity contribution in [2.75, 3.05) is 12.1 Å². The van der Waals surface area contributed by atoms with E-state index in [1.165, 1.54) is 0 Å². The van der Waals surface area contributed by atoms with Gasteiger partial charge >= 0.3 is 0 Å². The Kier molecular flexibility index (Phi) is 4.59. The molecule has 5 rings (SSSR count). The standard InChI is InChI=1S/C24H21N3O3/c1-16-11-12-27-21(13-16)25-23(18-5-3-2-4-6-18)24(27)26-22(28)10-8-17-7-9-19-20(14-17)30-15-29-19/h2-7,9,11-14H,8,10,15H2,1H3,(H,26,28). The summed E-state index contributed by atoms with van der Waals surface area (Å²) in [5.74, 6) is 2.10. The van der Waals surface area contributed by atoms with E-state index in [1.54, 1.807) is 0 Å². The first kappa shape index (κ1) is 18.2. The van der Waals surface area contributed by atoms with E-state index in [2.05, 4.69) is 5.32 Å². The lowest BCUT2D eigenvalue weighted by Crippen LogP contribution is -2.14. The first-order valence-corrected chi connectivity index (χ1v) is 9.90.